The third-order valence-corrected chi connectivity index (χ3v) is 4.87. The summed E-state index contributed by atoms with van der Waals surface area (Å²) >= 11 is 0. The summed E-state index contributed by atoms with van der Waals surface area (Å²) in [6.45, 7) is 7.81. The number of hydrogen-bond donors (Lipinski definition) is 1. The van der Waals surface area contributed by atoms with Crippen LogP contribution < -0.4 is 5.73 Å². The first-order chi connectivity index (χ1) is 10.1. The highest BCUT2D eigenvalue weighted by Crippen LogP contribution is 2.32. The third kappa shape index (κ3) is 3.10. The Bertz CT molecular complexity index is 466. The van der Waals surface area contributed by atoms with E-state index in [0.29, 0.717) is 18.3 Å². The Morgan fingerprint density at radius 1 is 1.38 bits per heavy atom. The number of piperidine rings is 1. The van der Waals surface area contributed by atoms with E-state index in [4.69, 9.17) is 10.3 Å². The highest BCUT2D eigenvalue weighted by atomic mass is 16.5. The maximum Gasteiger partial charge on any atom is 0.230 e. The number of rotatable bonds is 5. The second-order valence-electron chi connectivity index (χ2n) is 5.94. The normalized spacial score (nSPS) is 17.2. The van der Waals surface area contributed by atoms with Crippen LogP contribution in [0.4, 0.5) is 0 Å². The fraction of sp³-hybridized carbons (Fsp3) is 0.800. The number of nitrogens with two attached hydrogens (primary N) is 1. The molecule has 0 aromatic carbocycles. The van der Waals surface area contributed by atoms with Crippen LogP contribution in [0.25, 0.3) is 0 Å². The fourth-order valence-corrected chi connectivity index (χ4v) is 3.07. The van der Waals surface area contributed by atoms with Crippen molar-refractivity contribution in [2.24, 2.45) is 11.1 Å². The van der Waals surface area contributed by atoms with Gasteiger partial charge in [-0.15, -0.1) is 0 Å². The zero-order valence-electron chi connectivity index (χ0n) is 13.3. The third-order valence-electron chi connectivity index (χ3n) is 4.87. The molecule has 6 nitrogen and oxygen atoms in total. The van der Waals surface area contributed by atoms with Gasteiger partial charge in [0.15, 0.2) is 5.82 Å². The molecular formula is C15H26N4O2. The van der Waals surface area contributed by atoms with Crippen LogP contribution >= 0.6 is 0 Å². The molecule has 6 heteroatoms. The summed E-state index contributed by atoms with van der Waals surface area (Å²) in [7, 11) is 0. The minimum Gasteiger partial charge on any atom is -0.342 e. The summed E-state index contributed by atoms with van der Waals surface area (Å²) < 4.78 is 5.25. The van der Waals surface area contributed by atoms with Crippen molar-refractivity contribution in [1.29, 1.82) is 0 Å². The van der Waals surface area contributed by atoms with Crippen LogP contribution in [-0.4, -0.2) is 40.6 Å². The molecule has 2 rings (SSSR count). The molecule has 0 atom stereocenters. The van der Waals surface area contributed by atoms with Gasteiger partial charge < -0.3 is 15.2 Å². The van der Waals surface area contributed by atoms with Crippen molar-refractivity contribution in [3.63, 3.8) is 0 Å². The van der Waals surface area contributed by atoms with Crippen LogP contribution in [0.2, 0.25) is 0 Å². The molecule has 1 fully saturated rings. The number of aryl methyl sites for hydroxylation is 1. The summed E-state index contributed by atoms with van der Waals surface area (Å²) in [5.41, 5.74) is 5.48. The molecule has 1 aliphatic heterocycles. The lowest BCUT2D eigenvalue weighted by atomic mass is 9.80. The van der Waals surface area contributed by atoms with Crippen LogP contribution in [0.15, 0.2) is 4.52 Å². The maximum absolute atomic E-state index is 12.8. The first-order valence-corrected chi connectivity index (χ1v) is 7.86. The lowest BCUT2D eigenvalue weighted by molar-refractivity contribution is -0.143. The van der Waals surface area contributed by atoms with Gasteiger partial charge >= 0.3 is 0 Å². The van der Waals surface area contributed by atoms with Gasteiger partial charge in [0, 0.05) is 25.6 Å². The van der Waals surface area contributed by atoms with E-state index in [1.165, 1.54) is 0 Å². The van der Waals surface area contributed by atoms with Crippen molar-refractivity contribution >= 4 is 5.91 Å². The number of carbonyl (C=O) groups excluding carboxylic acids is 1. The lowest BCUT2D eigenvalue weighted by Gasteiger charge is -2.38. The first-order valence-electron chi connectivity index (χ1n) is 7.86. The highest BCUT2D eigenvalue weighted by molar-refractivity contribution is 5.83. The number of nitrogens with zero attached hydrogens (tertiary/aromatic N) is 3. The highest BCUT2D eigenvalue weighted by Gasteiger charge is 2.38. The molecule has 0 saturated carbocycles. The minimum atomic E-state index is -0.395. The Hall–Kier alpha value is -1.43. The predicted molar refractivity (Wildman–Crippen MR) is 79.7 cm³/mol. The topological polar surface area (TPSA) is 85.3 Å². The summed E-state index contributed by atoms with van der Waals surface area (Å²) in [4.78, 5) is 19.0. The van der Waals surface area contributed by atoms with Crippen LogP contribution in [0.3, 0.4) is 0 Å². The van der Waals surface area contributed by atoms with Crippen molar-refractivity contribution in [3.05, 3.63) is 11.7 Å². The smallest absolute Gasteiger partial charge is 0.230 e. The number of carbonyl (C=O) groups is 1. The molecule has 118 valence electrons. The minimum absolute atomic E-state index is 0.204. The van der Waals surface area contributed by atoms with E-state index in [2.05, 4.69) is 10.1 Å². The number of amides is 1. The Labute approximate surface area is 126 Å². The number of likely N-dealkylation sites (tertiary alicyclic amines) is 1. The van der Waals surface area contributed by atoms with Crippen molar-refractivity contribution in [3.8, 4) is 0 Å². The van der Waals surface area contributed by atoms with Crippen LogP contribution in [0, 0.1) is 12.3 Å². The van der Waals surface area contributed by atoms with Crippen molar-refractivity contribution in [2.75, 3.05) is 19.6 Å². The van der Waals surface area contributed by atoms with Crippen LogP contribution in [0.1, 0.15) is 57.2 Å². The van der Waals surface area contributed by atoms with Gasteiger partial charge in [-0.05, 0) is 32.6 Å². The van der Waals surface area contributed by atoms with Gasteiger partial charge in [0.05, 0.1) is 5.41 Å². The van der Waals surface area contributed by atoms with Gasteiger partial charge in [0.25, 0.3) is 0 Å². The van der Waals surface area contributed by atoms with Gasteiger partial charge in [-0.2, -0.15) is 4.98 Å². The predicted octanol–water partition coefficient (Wildman–Crippen LogP) is 1.85. The Balaban J connectivity index is 1.98. The van der Waals surface area contributed by atoms with E-state index in [1.807, 2.05) is 25.7 Å². The van der Waals surface area contributed by atoms with E-state index in [-0.39, 0.29) is 11.8 Å². The standard InChI is InChI=1S/C15H26N4O2/c1-4-15(5-2,10-16)14(20)19-8-6-12(7-9-19)13-17-11(3)18-21-13/h12H,4-10,16H2,1-3H3. The van der Waals surface area contributed by atoms with Crippen molar-refractivity contribution < 1.29 is 9.32 Å². The van der Waals surface area contributed by atoms with E-state index in [1.54, 1.807) is 0 Å². The molecule has 2 N–H and O–H groups in total. The Kier molecular flexibility index (Phi) is 4.98. The number of aromatic nitrogens is 2. The van der Waals surface area contributed by atoms with Gasteiger partial charge in [-0.25, -0.2) is 0 Å². The molecule has 0 radical (unpaired) electrons. The summed E-state index contributed by atoms with van der Waals surface area (Å²) in [6, 6.07) is 0. The average molecular weight is 294 g/mol. The molecule has 21 heavy (non-hydrogen) atoms. The second kappa shape index (κ2) is 6.56. The van der Waals surface area contributed by atoms with E-state index in [0.717, 1.165) is 38.8 Å². The second-order valence-corrected chi connectivity index (χ2v) is 5.94. The first kappa shape index (κ1) is 15.9. The van der Waals surface area contributed by atoms with Crippen molar-refractivity contribution in [1.82, 2.24) is 15.0 Å². The number of hydrogen-bond acceptors (Lipinski definition) is 5. The Morgan fingerprint density at radius 2 is 2.00 bits per heavy atom. The zero-order chi connectivity index (χ0) is 15.5. The monoisotopic (exact) mass is 294 g/mol. The molecule has 0 bridgehead atoms. The molecule has 0 aliphatic carbocycles. The molecule has 1 aliphatic rings. The molecule has 2 heterocycles. The van der Waals surface area contributed by atoms with Gasteiger partial charge in [0.2, 0.25) is 11.8 Å². The summed E-state index contributed by atoms with van der Waals surface area (Å²) in [6.07, 6.45) is 3.34. The maximum atomic E-state index is 12.8. The molecule has 1 saturated heterocycles. The zero-order valence-corrected chi connectivity index (χ0v) is 13.3. The molecule has 1 aromatic heterocycles. The van der Waals surface area contributed by atoms with E-state index < -0.39 is 5.41 Å². The van der Waals surface area contributed by atoms with Crippen LogP contribution in [-0.2, 0) is 4.79 Å². The summed E-state index contributed by atoms with van der Waals surface area (Å²) in [5, 5.41) is 3.84. The molecular weight excluding hydrogens is 268 g/mol. The van der Waals surface area contributed by atoms with E-state index >= 15 is 0 Å². The van der Waals surface area contributed by atoms with Gasteiger partial charge in [-0.3, -0.25) is 4.79 Å². The van der Waals surface area contributed by atoms with E-state index in [9.17, 15) is 4.79 Å². The Morgan fingerprint density at radius 3 is 2.43 bits per heavy atom. The largest absolute Gasteiger partial charge is 0.342 e. The quantitative estimate of drug-likeness (QED) is 0.895. The average Bonchev–Trinajstić information content (AvgIpc) is 2.96. The van der Waals surface area contributed by atoms with Crippen molar-refractivity contribution in [2.45, 2.75) is 52.4 Å². The van der Waals surface area contributed by atoms with Crippen LogP contribution in [0.5, 0.6) is 0 Å². The fourth-order valence-electron chi connectivity index (χ4n) is 3.07. The van der Waals surface area contributed by atoms with Gasteiger partial charge in [-0.1, -0.05) is 19.0 Å². The lowest BCUT2D eigenvalue weighted by Crippen LogP contribution is -2.49. The molecule has 0 unspecified atom stereocenters. The SMILES string of the molecule is CCC(CC)(CN)C(=O)N1CCC(c2nc(C)no2)CC1. The molecule has 1 aromatic rings. The van der Waals surface area contributed by atoms with Gasteiger partial charge in [0.1, 0.15) is 0 Å². The summed E-state index contributed by atoms with van der Waals surface area (Å²) in [5.74, 6) is 1.85. The molecule has 1 amide bonds. The molecule has 0 spiro atoms.